The number of halogens is 5. The number of hydrogen-bond donors (Lipinski definition) is 1. The van der Waals surface area contributed by atoms with Crippen molar-refractivity contribution in [2.45, 2.75) is 12.6 Å². The summed E-state index contributed by atoms with van der Waals surface area (Å²) in [7, 11) is 0. The molecule has 0 aromatic heterocycles. The van der Waals surface area contributed by atoms with Crippen LogP contribution in [0.1, 0.15) is 12.0 Å². The van der Waals surface area contributed by atoms with Crippen molar-refractivity contribution in [3.63, 3.8) is 0 Å². The maximum atomic E-state index is 12.7. The zero-order valence-corrected chi connectivity index (χ0v) is 13.7. The summed E-state index contributed by atoms with van der Waals surface area (Å²) in [5, 5.41) is 2.92. The van der Waals surface area contributed by atoms with E-state index in [1.165, 1.54) is 0 Å². The fourth-order valence-electron chi connectivity index (χ4n) is 1.80. The van der Waals surface area contributed by atoms with Crippen LogP contribution in [0, 0.1) is 0 Å². The lowest BCUT2D eigenvalue weighted by Crippen LogP contribution is -2.16. The van der Waals surface area contributed by atoms with Gasteiger partial charge in [-0.1, -0.05) is 23.2 Å². The van der Waals surface area contributed by atoms with Crippen LogP contribution in [0.4, 0.5) is 18.9 Å². The molecule has 0 radical (unpaired) electrons. The molecule has 2 aromatic rings. The number of rotatable bonds is 5. The van der Waals surface area contributed by atoms with Crippen LogP contribution in [0.25, 0.3) is 0 Å². The second-order valence-corrected chi connectivity index (χ2v) is 5.64. The summed E-state index contributed by atoms with van der Waals surface area (Å²) >= 11 is 11.5. The van der Waals surface area contributed by atoms with E-state index in [0.29, 0.717) is 10.8 Å². The van der Waals surface area contributed by atoms with Crippen LogP contribution in [-0.4, -0.2) is 12.5 Å². The van der Waals surface area contributed by atoms with Gasteiger partial charge in [0.25, 0.3) is 0 Å². The third kappa shape index (κ3) is 5.32. The van der Waals surface area contributed by atoms with E-state index in [1.807, 2.05) is 0 Å². The van der Waals surface area contributed by atoms with Crippen molar-refractivity contribution in [1.82, 2.24) is 0 Å². The van der Waals surface area contributed by atoms with Crippen LogP contribution < -0.4 is 10.1 Å². The van der Waals surface area contributed by atoms with Crippen LogP contribution >= 0.6 is 23.2 Å². The van der Waals surface area contributed by atoms with Crippen molar-refractivity contribution in [3.8, 4) is 5.75 Å². The molecule has 0 aliphatic carbocycles. The minimum Gasteiger partial charge on any atom is -0.493 e. The van der Waals surface area contributed by atoms with E-state index in [4.69, 9.17) is 27.9 Å². The van der Waals surface area contributed by atoms with E-state index in [0.717, 1.165) is 18.2 Å². The minimum atomic E-state index is -4.51. The van der Waals surface area contributed by atoms with Gasteiger partial charge in [0.2, 0.25) is 5.91 Å². The van der Waals surface area contributed by atoms with Crippen molar-refractivity contribution in [1.29, 1.82) is 0 Å². The zero-order valence-electron chi connectivity index (χ0n) is 12.2. The van der Waals surface area contributed by atoms with Crippen LogP contribution in [-0.2, 0) is 11.0 Å². The molecule has 0 fully saturated rings. The first-order valence-electron chi connectivity index (χ1n) is 6.80. The van der Waals surface area contributed by atoms with Crippen LogP contribution in [0.5, 0.6) is 5.75 Å². The standard InChI is InChI=1S/C16H12Cl2F3NO2/c17-11-2-4-12(5-3-11)24-8-7-15(23)22-14-9-10(16(19,20)21)1-6-13(14)18/h1-6,9H,7-8H2,(H,22,23). The number of hydrogen-bond acceptors (Lipinski definition) is 2. The molecule has 0 atom stereocenters. The molecule has 0 saturated heterocycles. The van der Waals surface area contributed by atoms with Gasteiger partial charge in [0, 0.05) is 5.02 Å². The Morgan fingerprint density at radius 3 is 2.38 bits per heavy atom. The fourth-order valence-corrected chi connectivity index (χ4v) is 2.09. The highest BCUT2D eigenvalue weighted by molar-refractivity contribution is 6.33. The average Bonchev–Trinajstić information content (AvgIpc) is 2.50. The predicted octanol–water partition coefficient (Wildman–Crippen LogP) is 5.42. The molecule has 2 aromatic carbocycles. The molecule has 0 saturated carbocycles. The van der Waals surface area contributed by atoms with E-state index in [9.17, 15) is 18.0 Å². The van der Waals surface area contributed by atoms with Crippen molar-refractivity contribution in [2.24, 2.45) is 0 Å². The van der Waals surface area contributed by atoms with Crippen LogP contribution in [0.15, 0.2) is 42.5 Å². The first kappa shape index (κ1) is 18.4. The Hall–Kier alpha value is -1.92. The predicted molar refractivity (Wildman–Crippen MR) is 86.6 cm³/mol. The smallest absolute Gasteiger partial charge is 0.416 e. The number of alkyl halides is 3. The van der Waals surface area contributed by atoms with E-state index in [1.54, 1.807) is 24.3 Å². The van der Waals surface area contributed by atoms with Crippen molar-refractivity contribution >= 4 is 34.8 Å². The highest BCUT2D eigenvalue weighted by atomic mass is 35.5. The van der Waals surface area contributed by atoms with Gasteiger partial charge in [-0.15, -0.1) is 0 Å². The van der Waals surface area contributed by atoms with Gasteiger partial charge in [0.1, 0.15) is 5.75 Å². The molecule has 1 N–H and O–H groups in total. The summed E-state index contributed by atoms with van der Waals surface area (Å²) in [6, 6.07) is 9.29. The number of amides is 1. The molecule has 3 nitrogen and oxygen atoms in total. The van der Waals surface area contributed by atoms with Gasteiger partial charge in [-0.3, -0.25) is 4.79 Å². The molecule has 128 valence electrons. The van der Waals surface area contributed by atoms with Gasteiger partial charge >= 0.3 is 6.18 Å². The molecule has 0 aliphatic rings. The third-order valence-electron chi connectivity index (χ3n) is 2.98. The Bertz CT molecular complexity index is 718. The number of carbonyl (C=O) groups excluding carboxylic acids is 1. The summed E-state index contributed by atoms with van der Waals surface area (Å²) in [6.45, 7) is 0.0596. The molecule has 8 heteroatoms. The number of anilines is 1. The van der Waals surface area contributed by atoms with Gasteiger partial charge in [0.05, 0.1) is 29.3 Å². The molecule has 2 rings (SSSR count). The van der Waals surface area contributed by atoms with Gasteiger partial charge in [-0.2, -0.15) is 13.2 Å². The van der Waals surface area contributed by atoms with Crippen molar-refractivity contribution in [2.75, 3.05) is 11.9 Å². The molecule has 1 amide bonds. The summed E-state index contributed by atoms with van der Waals surface area (Å²) in [6.07, 6.45) is -4.56. The monoisotopic (exact) mass is 377 g/mol. The maximum Gasteiger partial charge on any atom is 0.416 e. The summed E-state index contributed by atoms with van der Waals surface area (Å²) in [4.78, 5) is 11.8. The minimum absolute atomic E-state index is 0.0231. The highest BCUT2D eigenvalue weighted by Crippen LogP contribution is 2.33. The Balaban J connectivity index is 1.91. The molecule has 0 bridgehead atoms. The first-order chi connectivity index (χ1) is 11.3. The maximum absolute atomic E-state index is 12.7. The second kappa shape index (κ2) is 7.77. The van der Waals surface area contributed by atoms with Gasteiger partial charge in [-0.25, -0.2) is 0 Å². The Morgan fingerprint density at radius 2 is 1.75 bits per heavy atom. The molecule has 0 heterocycles. The molecular formula is C16H12Cl2F3NO2. The number of benzene rings is 2. The highest BCUT2D eigenvalue weighted by Gasteiger charge is 2.31. The van der Waals surface area contributed by atoms with Gasteiger partial charge in [0.15, 0.2) is 0 Å². The van der Waals surface area contributed by atoms with E-state index in [-0.39, 0.29) is 23.7 Å². The summed E-state index contributed by atoms with van der Waals surface area (Å²) in [5.74, 6) is 0.0227. The van der Waals surface area contributed by atoms with Crippen molar-refractivity contribution < 1.29 is 22.7 Å². The molecule has 0 aliphatic heterocycles. The Morgan fingerprint density at radius 1 is 1.08 bits per heavy atom. The lowest BCUT2D eigenvalue weighted by atomic mass is 10.2. The van der Waals surface area contributed by atoms with Crippen molar-refractivity contribution in [3.05, 3.63) is 58.1 Å². The van der Waals surface area contributed by atoms with E-state index >= 15 is 0 Å². The molecule has 24 heavy (non-hydrogen) atoms. The number of carbonyl (C=O) groups is 1. The number of ether oxygens (including phenoxy) is 1. The molecule has 0 unspecified atom stereocenters. The zero-order chi connectivity index (χ0) is 17.7. The fraction of sp³-hybridized carbons (Fsp3) is 0.188. The Labute approximate surface area is 146 Å². The molecular weight excluding hydrogens is 366 g/mol. The Kier molecular flexibility index (Phi) is 5.96. The summed E-state index contributed by atoms with van der Waals surface area (Å²) < 4.78 is 43.4. The van der Waals surface area contributed by atoms with E-state index < -0.39 is 17.6 Å². The van der Waals surface area contributed by atoms with Gasteiger partial charge in [-0.05, 0) is 42.5 Å². The quantitative estimate of drug-likeness (QED) is 0.755. The second-order valence-electron chi connectivity index (χ2n) is 4.79. The first-order valence-corrected chi connectivity index (χ1v) is 7.56. The number of nitrogens with one attached hydrogen (secondary N) is 1. The van der Waals surface area contributed by atoms with Crippen LogP contribution in [0.2, 0.25) is 10.0 Å². The third-order valence-corrected chi connectivity index (χ3v) is 3.56. The van der Waals surface area contributed by atoms with Crippen LogP contribution in [0.3, 0.4) is 0 Å². The van der Waals surface area contributed by atoms with Gasteiger partial charge < -0.3 is 10.1 Å². The lowest BCUT2D eigenvalue weighted by Gasteiger charge is -2.12. The SMILES string of the molecule is O=C(CCOc1ccc(Cl)cc1)Nc1cc(C(F)(F)F)ccc1Cl. The molecule has 0 spiro atoms. The lowest BCUT2D eigenvalue weighted by molar-refractivity contribution is -0.137. The topological polar surface area (TPSA) is 38.3 Å². The summed E-state index contributed by atoms with van der Waals surface area (Å²) in [5.41, 5.74) is -0.984. The average molecular weight is 378 g/mol. The van der Waals surface area contributed by atoms with E-state index in [2.05, 4.69) is 5.32 Å². The largest absolute Gasteiger partial charge is 0.493 e. The normalized spacial score (nSPS) is 11.2.